The normalized spacial score (nSPS) is 11.1. The van der Waals surface area contributed by atoms with Crippen LogP contribution in [0.5, 0.6) is 0 Å². The maximum atomic E-state index is 12.1. The van der Waals surface area contributed by atoms with Crippen molar-refractivity contribution in [3.05, 3.63) is 59.4 Å². The van der Waals surface area contributed by atoms with E-state index in [1.807, 2.05) is 32.9 Å². The molecule has 2 aromatic rings. The van der Waals surface area contributed by atoms with Crippen molar-refractivity contribution in [1.29, 1.82) is 0 Å². The van der Waals surface area contributed by atoms with Crippen molar-refractivity contribution in [2.24, 2.45) is 0 Å². The maximum Gasteiger partial charge on any atom is 0.270 e. The Morgan fingerprint density at radius 2 is 1.95 bits per heavy atom. The Kier molecular flexibility index (Phi) is 4.81. The van der Waals surface area contributed by atoms with E-state index in [4.69, 9.17) is 0 Å². The first kappa shape index (κ1) is 16.0. The third kappa shape index (κ3) is 4.88. The zero-order valence-corrected chi connectivity index (χ0v) is 13.6. The summed E-state index contributed by atoms with van der Waals surface area (Å²) in [6.45, 7) is 8.64. The molecule has 2 N–H and O–H groups in total. The smallest absolute Gasteiger partial charge is 0.270 e. The minimum absolute atomic E-state index is 0.160. The number of anilines is 1. The Bertz CT molecular complexity index is 659. The highest BCUT2D eigenvalue weighted by molar-refractivity contribution is 5.93. The number of aromatic nitrogens is 1. The van der Waals surface area contributed by atoms with Crippen LogP contribution in [0.15, 0.2) is 42.6 Å². The molecular formula is C18H23N3O. The number of carbonyl (C=O) groups is 1. The zero-order valence-electron chi connectivity index (χ0n) is 13.6. The number of aryl methyl sites for hydroxylation is 1. The molecule has 4 heteroatoms. The number of carbonyl (C=O) groups excluding carboxylic acids is 1. The van der Waals surface area contributed by atoms with Gasteiger partial charge in [-0.25, -0.2) is 0 Å². The fourth-order valence-electron chi connectivity index (χ4n) is 2.10. The summed E-state index contributed by atoms with van der Waals surface area (Å²) >= 11 is 0. The van der Waals surface area contributed by atoms with Gasteiger partial charge in [0.15, 0.2) is 0 Å². The Balaban J connectivity index is 2.04. The summed E-state index contributed by atoms with van der Waals surface area (Å²) in [7, 11) is 0. The van der Waals surface area contributed by atoms with Gasteiger partial charge in [0.2, 0.25) is 0 Å². The van der Waals surface area contributed by atoms with Crippen LogP contribution in [0.3, 0.4) is 0 Å². The van der Waals surface area contributed by atoms with Crippen molar-refractivity contribution in [3.8, 4) is 0 Å². The zero-order chi connectivity index (χ0) is 16.2. The van der Waals surface area contributed by atoms with Crippen molar-refractivity contribution in [2.45, 2.75) is 39.8 Å². The van der Waals surface area contributed by atoms with E-state index in [0.717, 1.165) is 5.69 Å². The summed E-state index contributed by atoms with van der Waals surface area (Å²) in [5.74, 6) is -0.160. The van der Waals surface area contributed by atoms with Crippen molar-refractivity contribution >= 4 is 11.6 Å². The van der Waals surface area contributed by atoms with Gasteiger partial charge in [-0.15, -0.1) is 0 Å². The number of benzene rings is 1. The van der Waals surface area contributed by atoms with Crippen molar-refractivity contribution in [2.75, 3.05) is 5.32 Å². The molecule has 22 heavy (non-hydrogen) atoms. The van der Waals surface area contributed by atoms with Gasteiger partial charge < -0.3 is 10.6 Å². The third-order valence-corrected chi connectivity index (χ3v) is 3.06. The van der Waals surface area contributed by atoms with Gasteiger partial charge in [0.1, 0.15) is 5.69 Å². The van der Waals surface area contributed by atoms with Crippen molar-refractivity contribution < 1.29 is 4.79 Å². The second-order valence-electron chi connectivity index (χ2n) is 6.48. The Hall–Kier alpha value is -2.36. The molecule has 0 bridgehead atoms. The van der Waals surface area contributed by atoms with E-state index < -0.39 is 0 Å². The molecule has 0 unspecified atom stereocenters. The van der Waals surface area contributed by atoms with Gasteiger partial charge in [-0.1, -0.05) is 29.8 Å². The Morgan fingerprint density at radius 1 is 1.18 bits per heavy atom. The molecule has 0 aliphatic rings. The molecule has 116 valence electrons. The molecule has 1 heterocycles. The average Bonchev–Trinajstić information content (AvgIpc) is 2.44. The highest BCUT2D eigenvalue weighted by Crippen LogP contribution is 2.12. The predicted octanol–water partition coefficient (Wildman–Crippen LogP) is 3.53. The summed E-state index contributed by atoms with van der Waals surface area (Å²) in [5.41, 5.74) is 3.47. The van der Waals surface area contributed by atoms with Crippen LogP contribution in [-0.4, -0.2) is 16.4 Å². The first-order chi connectivity index (χ1) is 10.3. The van der Waals surface area contributed by atoms with Gasteiger partial charge in [-0.3, -0.25) is 9.78 Å². The van der Waals surface area contributed by atoms with Crippen LogP contribution in [0.4, 0.5) is 5.69 Å². The molecule has 0 spiro atoms. The number of hydrogen-bond acceptors (Lipinski definition) is 3. The molecule has 0 saturated heterocycles. The number of nitrogens with one attached hydrogen (secondary N) is 2. The van der Waals surface area contributed by atoms with Crippen molar-refractivity contribution in [3.63, 3.8) is 0 Å². The van der Waals surface area contributed by atoms with E-state index in [9.17, 15) is 4.79 Å². The standard InChI is InChI=1S/C18H23N3O/c1-13-6-5-7-14(10-13)12-20-15-8-9-19-16(11-15)17(22)21-18(2,3)4/h5-11H,12H2,1-4H3,(H,19,20)(H,21,22). The lowest BCUT2D eigenvalue weighted by molar-refractivity contribution is 0.0914. The molecule has 0 atom stereocenters. The molecule has 0 aliphatic carbocycles. The largest absolute Gasteiger partial charge is 0.381 e. The SMILES string of the molecule is Cc1cccc(CNc2ccnc(C(=O)NC(C)(C)C)c2)c1. The second-order valence-corrected chi connectivity index (χ2v) is 6.48. The minimum Gasteiger partial charge on any atom is -0.381 e. The molecule has 1 aromatic heterocycles. The number of hydrogen-bond donors (Lipinski definition) is 2. The van der Waals surface area contributed by atoms with Crippen LogP contribution in [0.1, 0.15) is 42.4 Å². The van der Waals surface area contributed by atoms with E-state index in [1.54, 1.807) is 12.3 Å². The Labute approximate surface area is 132 Å². The van der Waals surface area contributed by atoms with Crippen LogP contribution in [0.2, 0.25) is 0 Å². The topological polar surface area (TPSA) is 54.0 Å². The average molecular weight is 297 g/mol. The fraction of sp³-hybridized carbons (Fsp3) is 0.333. The second kappa shape index (κ2) is 6.60. The molecule has 4 nitrogen and oxygen atoms in total. The first-order valence-corrected chi connectivity index (χ1v) is 7.41. The van der Waals surface area contributed by atoms with Crippen LogP contribution in [0, 0.1) is 6.92 Å². The summed E-state index contributed by atoms with van der Waals surface area (Å²) in [6.07, 6.45) is 1.65. The quantitative estimate of drug-likeness (QED) is 0.907. The molecule has 2 rings (SSSR count). The molecule has 1 amide bonds. The number of nitrogens with zero attached hydrogens (tertiary/aromatic N) is 1. The maximum absolute atomic E-state index is 12.1. The van der Waals surface area contributed by atoms with Gasteiger partial charge in [0, 0.05) is 24.0 Å². The van der Waals surface area contributed by atoms with E-state index in [2.05, 4.69) is 40.7 Å². The summed E-state index contributed by atoms with van der Waals surface area (Å²) in [6, 6.07) is 12.0. The van der Waals surface area contributed by atoms with Gasteiger partial charge in [-0.05, 0) is 45.4 Å². The van der Waals surface area contributed by atoms with Crippen LogP contribution in [0.25, 0.3) is 0 Å². The van der Waals surface area contributed by atoms with E-state index in [1.165, 1.54) is 11.1 Å². The lowest BCUT2D eigenvalue weighted by Crippen LogP contribution is -2.40. The van der Waals surface area contributed by atoms with Gasteiger partial charge in [-0.2, -0.15) is 0 Å². The molecule has 0 radical (unpaired) electrons. The van der Waals surface area contributed by atoms with E-state index in [-0.39, 0.29) is 11.4 Å². The molecule has 1 aromatic carbocycles. The summed E-state index contributed by atoms with van der Waals surface area (Å²) in [5, 5.41) is 6.24. The van der Waals surface area contributed by atoms with E-state index in [0.29, 0.717) is 12.2 Å². The van der Waals surface area contributed by atoms with Gasteiger partial charge in [0.05, 0.1) is 0 Å². The highest BCUT2D eigenvalue weighted by atomic mass is 16.2. The molecule has 0 fully saturated rings. The minimum atomic E-state index is -0.274. The summed E-state index contributed by atoms with van der Waals surface area (Å²) in [4.78, 5) is 16.3. The lowest BCUT2D eigenvalue weighted by Gasteiger charge is -2.20. The van der Waals surface area contributed by atoms with Gasteiger partial charge >= 0.3 is 0 Å². The lowest BCUT2D eigenvalue weighted by atomic mass is 10.1. The molecule has 0 saturated carbocycles. The van der Waals surface area contributed by atoms with E-state index >= 15 is 0 Å². The van der Waals surface area contributed by atoms with Gasteiger partial charge in [0.25, 0.3) is 5.91 Å². The predicted molar refractivity (Wildman–Crippen MR) is 90.0 cm³/mol. The fourth-order valence-corrected chi connectivity index (χ4v) is 2.10. The number of pyridine rings is 1. The van der Waals surface area contributed by atoms with Crippen LogP contribution in [-0.2, 0) is 6.54 Å². The monoisotopic (exact) mass is 297 g/mol. The molecule has 0 aliphatic heterocycles. The van der Waals surface area contributed by atoms with Crippen molar-refractivity contribution in [1.82, 2.24) is 10.3 Å². The van der Waals surface area contributed by atoms with Crippen LogP contribution < -0.4 is 10.6 Å². The van der Waals surface area contributed by atoms with Crippen LogP contribution >= 0.6 is 0 Å². The highest BCUT2D eigenvalue weighted by Gasteiger charge is 2.16. The first-order valence-electron chi connectivity index (χ1n) is 7.41. The number of rotatable bonds is 4. The summed E-state index contributed by atoms with van der Waals surface area (Å²) < 4.78 is 0. The Morgan fingerprint density at radius 3 is 2.64 bits per heavy atom. The molecular weight excluding hydrogens is 274 g/mol. The number of amides is 1. The third-order valence-electron chi connectivity index (χ3n) is 3.06.